The van der Waals surface area contributed by atoms with E-state index in [1.807, 2.05) is 18.2 Å². The average molecular weight is 387 g/mol. The first-order chi connectivity index (χ1) is 6.54. The zero-order valence-electron chi connectivity index (χ0n) is 7.56. The summed E-state index contributed by atoms with van der Waals surface area (Å²) in [7, 11) is 0. The Kier molecular flexibility index (Phi) is 4.87. The van der Waals surface area contributed by atoms with Crippen molar-refractivity contribution in [1.29, 1.82) is 0 Å². The van der Waals surface area contributed by atoms with E-state index in [-0.39, 0.29) is 5.78 Å². The van der Waals surface area contributed by atoms with E-state index in [1.165, 1.54) is 0 Å². The van der Waals surface area contributed by atoms with E-state index in [0.717, 1.165) is 14.5 Å². The number of carbonyl (C=O) groups is 1. The Hall–Kier alpha value is 0.390. The lowest BCUT2D eigenvalue weighted by molar-refractivity contribution is 0.0991. The molecule has 0 aromatic heterocycles. The maximum absolute atomic E-state index is 11.6. The fraction of sp³-hybridized carbons (Fsp3) is 0.300. The van der Waals surface area contributed by atoms with Crippen LogP contribution in [0.15, 0.2) is 18.2 Å². The van der Waals surface area contributed by atoms with Crippen molar-refractivity contribution in [3.63, 3.8) is 0 Å². The van der Waals surface area contributed by atoms with Crippen molar-refractivity contribution < 1.29 is 4.79 Å². The van der Waals surface area contributed by atoms with Gasteiger partial charge in [0, 0.05) is 14.5 Å². The van der Waals surface area contributed by atoms with Gasteiger partial charge in [-0.3, -0.25) is 4.79 Å². The minimum absolute atomic E-state index is 0.0209. The Morgan fingerprint density at radius 1 is 1.57 bits per heavy atom. The topological polar surface area (TPSA) is 17.1 Å². The number of rotatable bonds is 3. The number of halogens is 3. The molecule has 0 spiro atoms. The lowest BCUT2D eigenvalue weighted by Gasteiger charge is -2.05. The second kappa shape index (κ2) is 5.47. The second-order valence-electron chi connectivity index (χ2n) is 2.96. The second-order valence-corrected chi connectivity index (χ2v) is 5.42. The summed E-state index contributed by atoms with van der Waals surface area (Å²) in [6.45, 7) is 1.69. The average Bonchev–Trinajstić information content (AvgIpc) is 2.15. The van der Waals surface area contributed by atoms with E-state index in [2.05, 4.69) is 38.5 Å². The Balaban J connectivity index is 3.09. The van der Waals surface area contributed by atoms with Gasteiger partial charge in [-0.05, 0) is 53.3 Å². The molecule has 0 saturated heterocycles. The van der Waals surface area contributed by atoms with Crippen LogP contribution in [0.2, 0.25) is 0 Å². The van der Waals surface area contributed by atoms with Crippen LogP contribution in [0.1, 0.15) is 22.8 Å². The van der Waals surface area contributed by atoms with E-state index in [0.29, 0.717) is 5.56 Å². The SMILES string of the molecule is CC(Cl)C(=O)c1cc(I)cc(CBr)c1. The molecule has 0 saturated carbocycles. The normalized spacial score (nSPS) is 12.6. The molecular weight excluding hydrogens is 378 g/mol. The first-order valence-electron chi connectivity index (χ1n) is 4.08. The van der Waals surface area contributed by atoms with Gasteiger partial charge in [0.25, 0.3) is 0 Å². The van der Waals surface area contributed by atoms with E-state index >= 15 is 0 Å². The van der Waals surface area contributed by atoms with Gasteiger partial charge in [-0.2, -0.15) is 0 Å². The third-order valence-electron chi connectivity index (χ3n) is 1.76. The van der Waals surface area contributed by atoms with Crippen molar-refractivity contribution in [2.75, 3.05) is 0 Å². The van der Waals surface area contributed by atoms with Crippen molar-refractivity contribution in [2.24, 2.45) is 0 Å². The number of hydrogen-bond acceptors (Lipinski definition) is 1. The highest BCUT2D eigenvalue weighted by molar-refractivity contribution is 14.1. The maximum Gasteiger partial charge on any atom is 0.180 e. The third-order valence-corrected chi connectivity index (χ3v) is 3.23. The molecule has 0 aliphatic heterocycles. The molecule has 1 atom stereocenters. The molecule has 14 heavy (non-hydrogen) atoms. The zero-order valence-corrected chi connectivity index (χ0v) is 12.1. The van der Waals surface area contributed by atoms with Crippen LogP contribution in [-0.2, 0) is 5.33 Å². The van der Waals surface area contributed by atoms with Gasteiger partial charge in [0.2, 0.25) is 0 Å². The lowest BCUT2D eigenvalue weighted by Crippen LogP contribution is -2.10. The summed E-state index contributed by atoms with van der Waals surface area (Å²) in [6.07, 6.45) is 0. The maximum atomic E-state index is 11.6. The molecule has 0 amide bonds. The number of benzene rings is 1. The van der Waals surface area contributed by atoms with Gasteiger partial charge < -0.3 is 0 Å². The van der Waals surface area contributed by atoms with Crippen LogP contribution in [0, 0.1) is 3.57 Å². The van der Waals surface area contributed by atoms with E-state index in [4.69, 9.17) is 11.6 Å². The lowest BCUT2D eigenvalue weighted by atomic mass is 10.1. The zero-order chi connectivity index (χ0) is 10.7. The van der Waals surface area contributed by atoms with Crippen LogP contribution in [-0.4, -0.2) is 11.2 Å². The van der Waals surface area contributed by atoms with Gasteiger partial charge in [0.1, 0.15) is 0 Å². The number of alkyl halides is 2. The van der Waals surface area contributed by atoms with Crippen LogP contribution in [0.25, 0.3) is 0 Å². The quantitative estimate of drug-likeness (QED) is 0.435. The summed E-state index contributed by atoms with van der Waals surface area (Å²) >= 11 is 11.3. The molecule has 0 heterocycles. The first-order valence-corrected chi connectivity index (χ1v) is 6.72. The highest BCUT2D eigenvalue weighted by Crippen LogP contribution is 2.17. The summed E-state index contributed by atoms with van der Waals surface area (Å²) in [5.41, 5.74) is 1.78. The minimum Gasteiger partial charge on any atom is -0.293 e. The molecule has 0 bridgehead atoms. The van der Waals surface area contributed by atoms with E-state index in [9.17, 15) is 4.79 Å². The van der Waals surface area contributed by atoms with Crippen LogP contribution in [0.3, 0.4) is 0 Å². The molecule has 4 heteroatoms. The molecule has 1 aromatic rings. The molecule has 1 aromatic carbocycles. The van der Waals surface area contributed by atoms with Gasteiger partial charge in [0.15, 0.2) is 5.78 Å². The van der Waals surface area contributed by atoms with Crippen molar-refractivity contribution in [1.82, 2.24) is 0 Å². The predicted octanol–water partition coefficient (Wildman–Crippen LogP) is 4.00. The van der Waals surface area contributed by atoms with Crippen LogP contribution >= 0.6 is 50.1 Å². The fourth-order valence-corrected chi connectivity index (χ4v) is 2.28. The summed E-state index contributed by atoms with van der Waals surface area (Å²) in [5, 5.41) is 0.289. The largest absolute Gasteiger partial charge is 0.293 e. The summed E-state index contributed by atoms with van der Waals surface area (Å²) in [5.74, 6) is -0.0209. The monoisotopic (exact) mass is 386 g/mol. The van der Waals surface area contributed by atoms with Gasteiger partial charge in [-0.15, -0.1) is 11.6 Å². The Morgan fingerprint density at radius 2 is 2.21 bits per heavy atom. The standard InChI is InChI=1S/C10H9BrClIO/c1-6(12)10(14)8-2-7(5-11)3-9(13)4-8/h2-4,6H,5H2,1H3. The van der Waals surface area contributed by atoms with Gasteiger partial charge in [0.05, 0.1) is 5.38 Å². The Labute approximate surface area is 110 Å². The predicted molar refractivity (Wildman–Crippen MR) is 71.4 cm³/mol. The Morgan fingerprint density at radius 3 is 2.71 bits per heavy atom. The minimum atomic E-state index is -0.462. The summed E-state index contributed by atoms with van der Waals surface area (Å²) in [4.78, 5) is 11.6. The molecule has 0 N–H and O–H groups in total. The van der Waals surface area contributed by atoms with Crippen LogP contribution < -0.4 is 0 Å². The molecule has 1 unspecified atom stereocenters. The molecule has 0 aliphatic rings. The summed E-state index contributed by atoms with van der Waals surface area (Å²) < 4.78 is 1.06. The Bertz CT molecular complexity index is 352. The number of carbonyl (C=O) groups excluding carboxylic acids is 1. The molecule has 1 rings (SSSR count). The fourth-order valence-electron chi connectivity index (χ4n) is 1.10. The third kappa shape index (κ3) is 3.21. The molecule has 0 fully saturated rings. The van der Waals surface area contributed by atoms with Gasteiger partial charge in [-0.25, -0.2) is 0 Å². The van der Waals surface area contributed by atoms with Crippen LogP contribution in [0.5, 0.6) is 0 Å². The van der Waals surface area contributed by atoms with Crippen molar-refractivity contribution in [2.45, 2.75) is 17.6 Å². The van der Waals surface area contributed by atoms with Crippen molar-refractivity contribution >= 4 is 55.9 Å². The molecule has 76 valence electrons. The first kappa shape index (κ1) is 12.5. The molecule has 1 nitrogen and oxygen atoms in total. The number of Topliss-reactive ketones (excluding diaryl/α,β-unsaturated/α-hetero) is 1. The smallest absolute Gasteiger partial charge is 0.180 e. The summed E-state index contributed by atoms with van der Waals surface area (Å²) in [6, 6.07) is 5.76. The van der Waals surface area contributed by atoms with E-state index < -0.39 is 5.38 Å². The number of hydrogen-bond donors (Lipinski definition) is 0. The van der Waals surface area contributed by atoms with E-state index in [1.54, 1.807) is 6.92 Å². The van der Waals surface area contributed by atoms with Gasteiger partial charge >= 0.3 is 0 Å². The number of ketones is 1. The highest BCUT2D eigenvalue weighted by Gasteiger charge is 2.13. The molecule has 0 radical (unpaired) electrons. The highest BCUT2D eigenvalue weighted by atomic mass is 127. The molecule has 0 aliphatic carbocycles. The van der Waals surface area contributed by atoms with Gasteiger partial charge in [-0.1, -0.05) is 15.9 Å². The van der Waals surface area contributed by atoms with Crippen molar-refractivity contribution in [3.05, 3.63) is 32.9 Å². The molecular formula is C10H9BrClIO. The van der Waals surface area contributed by atoms with Crippen LogP contribution in [0.4, 0.5) is 0 Å². The van der Waals surface area contributed by atoms with Crippen molar-refractivity contribution in [3.8, 4) is 0 Å².